The average Bonchev–Trinajstić information content (AvgIpc) is 3.47. The predicted molar refractivity (Wildman–Crippen MR) is 107 cm³/mol. The summed E-state index contributed by atoms with van der Waals surface area (Å²) in [5, 5.41) is 2.78. The van der Waals surface area contributed by atoms with Gasteiger partial charge in [-0.25, -0.2) is 14.3 Å². The van der Waals surface area contributed by atoms with Crippen molar-refractivity contribution >= 4 is 11.6 Å². The number of nitrogens with one attached hydrogen (secondary N) is 1. The molecule has 2 aromatic heterocycles. The van der Waals surface area contributed by atoms with Gasteiger partial charge in [-0.15, -0.1) is 0 Å². The van der Waals surface area contributed by atoms with Crippen LogP contribution in [0.4, 0.5) is 0 Å². The largest absolute Gasteiger partial charge is 0.496 e. The van der Waals surface area contributed by atoms with Crippen LogP contribution < -0.4 is 10.3 Å². The lowest BCUT2D eigenvalue weighted by Crippen LogP contribution is -2.27. The molecular formula is C21H24N4O4. The van der Waals surface area contributed by atoms with Crippen LogP contribution in [0, 0.1) is 0 Å². The van der Waals surface area contributed by atoms with Crippen molar-refractivity contribution in [3.05, 3.63) is 63.7 Å². The van der Waals surface area contributed by atoms with Gasteiger partial charge in [-0.3, -0.25) is 14.8 Å². The summed E-state index contributed by atoms with van der Waals surface area (Å²) in [6.07, 6.45) is 3.70. The number of aromatic amines is 1. The Kier molecular flexibility index (Phi) is 5.35. The Balaban J connectivity index is 1.63. The third-order valence-electron chi connectivity index (χ3n) is 5.04. The lowest BCUT2D eigenvalue weighted by atomic mass is 10.1. The molecule has 0 spiro atoms. The van der Waals surface area contributed by atoms with Crippen molar-refractivity contribution in [3.8, 4) is 5.75 Å². The minimum atomic E-state index is -0.497. The molecule has 0 aliphatic heterocycles. The third-order valence-corrected chi connectivity index (χ3v) is 5.04. The van der Waals surface area contributed by atoms with Crippen LogP contribution in [-0.4, -0.2) is 45.2 Å². The van der Waals surface area contributed by atoms with E-state index in [1.54, 1.807) is 14.0 Å². The van der Waals surface area contributed by atoms with E-state index in [2.05, 4.69) is 15.0 Å². The average molecular weight is 396 g/mol. The second-order valence-corrected chi connectivity index (χ2v) is 7.10. The van der Waals surface area contributed by atoms with E-state index in [-0.39, 0.29) is 17.7 Å². The van der Waals surface area contributed by atoms with Gasteiger partial charge in [-0.2, -0.15) is 0 Å². The molecule has 0 unspecified atom stereocenters. The zero-order valence-corrected chi connectivity index (χ0v) is 16.6. The number of carbonyl (C=O) groups is 1. The molecule has 0 bridgehead atoms. The second kappa shape index (κ2) is 8.08. The Morgan fingerprint density at radius 2 is 2.10 bits per heavy atom. The first-order valence-corrected chi connectivity index (χ1v) is 9.73. The molecule has 8 nitrogen and oxygen atoms in total. The number of aromatic nitrogens is 3. The Bertz CT molecular complexity index is 1080. The van der Waals surface area contributed by atoms with Crippen molar-refractivity contribution in [2.45, 2.75) is 38.9 Å². The van der Waals surface area contributed by atoms with E-state index < -0.39 is 5.97 Å². The maximum atomic E-state index is 12.5. The second-order valence-electron chi connectivity index (χ2n) is 7.10. The summed E-state index contributed by atoms with van der Waals surface area (Å²) >= 11 is 0. The quantitative estimate of drug-likeness (QED) is 0.588. The van der Waals surface area contributed by atoms with Gasteiger partial charge < -0.3 is 9.47 Å². The first kappa shape index (κ1) is 19.2. The molecule has 1 saturated carbocycles. The molecule has 0 saturated heterocycles. The number of esters is 1. The van der Waals surface area contributed by atoms with Gasteiger partial charge in [0.2, 0.25) is 0 Å². The summed E-state index contributed by atoms with van der Waals surface area (Å²) in [6.45, 7) is 3.22. The molecule has 0 amide bonds. The van der Waals surface area contributed by atoms with Crippen molar-refractivity contribution < 1.29 is 14.3 Å². The van der Waals surface area contributed by atoms with Crippen LogP contribution in [0.3, 0.4) is 0 Å². The molecular weight excluding hydrogens is 372 g/mol. The van der Waals surface area contributed by atoms with Crippen molar-refractivity contribution in [2.24, 2.45) is 0 Å². The molecule has 2 heterocycles. The summed E-state index contributed by atoms with van der Waals surface area (Å²) in [6, 6.07) is 9.90. The molecule has 152 valence electrons. The zero-order chi connectivity index (χ0) is 20.4. The van der Waals surface area contributed by atoms with Gasteiger partial charge in [0.15, 0.2) is 5.65 Å². The highest BCUT2D eigenvalue weighted by molar-refractivity contribution is 5.95. The van der Waals surface area contributed by atoms with Gasteiger partial charge in [-0.05, 0) is 25.8 Å². The van der Waals surface area contributed by atoms with E-state index in [0.717, 1.165) is 24.2 Å². The molecule has 0 atom stereocenters. The molecule has 1 aliphatic rings. The summed E-state index contributed by atoms with van der Waals surface area (Å²) in [5.74, 6) is 0.347. The first-order valence-electron chi connectivity index (χ1n) is 9.73. The van der Waals surface area contributed by atoms with E-state index in [1.165, 1.54) is 16.8 Å². The lowest BCUT2D eigenvalue weighted by molar-refractivity contribution is 0.0528. The van der Waals surface area contributed by atoms with Gasteiger partial charge in [0, 0.05) is 37.0 Å². The third kappa shape index (κ3) is 4.02. The van der Waals surface area contributed by atoms with Crippen molar-refractivity contribution in [1.29, 1.82) is 0 Å². The fraction of sp³-hybridized carbons (Fsp3) is 0.381. The van der Waals surface area contributed by atoms with Crippen molar-refractivity contribution in [1.82, 2.24) is 19.5 Å². The number of hydrogen-bond donors (Lipinski definition) is 1. The van der Waals surface area contributed by atoms with Crippen LogP contribution in [0.1, 0.15) is 41.4 Å². The van der Waals surface area contributed by atoms with E-state index in [1.807, 2.05) is 24.3 Å². The Morgan fingerprint density at radius 3 is 2.83 bits per heavy atom. The molecule has 1 aliphatic carbocycles. The summed E-state index contributed by atoms with van der Waals surface area (Å²) in [5.41, 5.74) is 2.01. The molecule has 8 heteroatoms. The van der Waals surface area contributed by atoms with Crippen molar-refractivity contribution in [2.75, 3.05) is 13.7 Å². The Morgan fingerprint density at radius 1 is 1.31 bits per heavy atom. The van der Waals surface area contributed by atoms with Crippen LogP contribution in [-0.2, 0) is 17.8 Å². The number of H-pyrrole nitrogens is 1. The molecule has 1 fully saturated rings. The van der Waals surface area contributed by atoms with Gasteiger partial charge in [0.05, 0.1) is 19.4 Å². The van der Waals surface area contributed by atoms with E-state index in [4.69, 9.17) is 9.47 Å². The van der Waals surface area contributed by atoms with Crippen LogP contribution in [0.2, 0.25) is 0 Å². The predicted octanol–water partition coefficient (Wildman–Crippen LogP) is 2.37. The van der Waals surface area contributed by atoms with Gasteiger partial charge in [0.1, 0.15) is 11.3 Å². The molecule has 1 aromatic carbocycles. The van der Waals surface area contributed by atoms with Gasteiger partial charge >= 0.3 is 5.97 Å². The number of carbonyl (C=O) groups excluding carboxylic acids is 1. The highest BCUT2D eigenvalue weighted by Crippen LogP contribution is 2.31. The van der Waals surface area contributed by atoms with Crippen LogP contribution >= 0.6 is 0 Å². The molecule has 0 radical (unpaired) electrons. The summed E-state index contributed by atoms with van der Waals surface area (Å²) < 4.78 is 11.8. The lowest BCUT2D eigenvalue weighted by Gasteiger charge is -2.22. The molecule has 4 rings (SSSR count). The number of nitrogens with zero attached hydrogens (tertiary/aromatic N) is 3. The standard InChI is InChI=1S/C21H24N4O4/c1-3-29-21(27)17-11-22-25-19(26)10-15(23-20(17)25)13-24(16-8-9-16)12-14-6-4-5-7-18(14)28-2/h4-7,10-11,16,22H,3,8-9,12-13H2,1-2H3. The summed E-state index contributed by atoms with van der Waals surface area (Å²) in [7, 11) is 1.67. The van der Waals surface area contributed by atoms with Gasteiger partial charge in [-0.1, -0.05) is 18.2 Å². The Labute approximate surface area is 168 Å². The van der Waals surface area contributed by atoms with Crippen LogP contribution in [0.15, 0.2) is 41.3 Å². The highest BCUT2D eigenvalue weighted by Gasteiger charge is 2.30. The fourth-order valence-corrected chi connectivity index (χ4v) is 3.48. The molecule has 1 N–H and O–H groups in total. The number of benzene rings is 1. The molecule has 3 aromatic rings. The highest BCUT2D eigenvalue weighted by atomic mass is 16.5. The van der Waals surface area contributed by atoms with E-state index in [9.17, 15) is 9.59 Å². The Hall–Kier alpha value is -3.13. The monoisotopic (exact) mass is 396 g/mol. The maximum Gasteiger partial charge on any atom is 0.343 e. The number of hydrogen-bond acceptors (Lipinski definition) is 6. The summed E-state index contributed by atoms with van der Waals surface area (Å²) in [4.78, 5) is 31.6. The van der Waals surface area contributed by atoms with Gasteiger partial charge in [0.25, 0.3) is 5.56 Å². The van der Waals surface area contributed by atoms with Crippen molar-refractivity contribution in [3.63, 3.8) is 0 Å². The number of methoxy groups -OCH3 is 1. The number of para-hydroxylation sites is 1. The minimum absolute atomic E-state index is 0.256. The maximum absolute atomic E-state index is 12.5. The van der Waals surface area contributed by atoms with E-state index >= 15 is 0 Å². The number of ether oxygens (including phenoxy) is 2. The van der Waals surface area contributed by atoms with Crippen LogP contribution in [0.25, 0.3) is 5.65 Å². The zero-order valence-electron chi connectivity index (χ0n) is 16.6. The first-order chi connectivity index (χ1) is 14.1. The fourth-order valence-electron chi connectivity index (χ4n) is 3.48. The minimum Gasteiger partial charge on any atom is -0.496 e. The van der Waals surface area contributed by atoms with E-state index in [0.29, 0.717) is 30.5 Å². The SMILES string of the molecule is CCOC(=O)c1c[nH]n2c(=O)cc(CN(Cc3ccccc3OC)C3CC3)nc12. The topological polar surface area (TPSA) is 88.9 Å². The normalized spacial score (nSPS) is 13.8. The smallest absolute Gasteiger partial charge is 0.343 e. The number of fused-ring (bicyclic) bond motifs is 1. The number of rotatable bonds is 8. The van der Waals surface area contributed by atoms with Crippen LogP contribution in [0.5, 0.6) is 5.75 Å². The molecule has 29 heavy (non-hydrogen) atoms.